The van der Waals surface area contributed by atoms with E-state index in [1.165, 1.54) is 6.42 Å². The molecule has 0 spiro atoms. The van der Waals surface area contributed by atoms with Crippen molar-refractivity contribution >= 4 is 34.8 Å². The number of hydrogen-bond donors (Lipinski definition) is 0. The van der Waals surface area contributed by atoms with Gasteiger partial charge in [0.15, 0.2) is 5.78 Å². The molecule has 1 aliphatic heterocycles. The van der Waals surface area contributed by atoms with E-state index in [2.05, 4.69) is 11.8 Å². The molecule has 1 heterocycles. The van der Waals surface area contributed by atoms with Crippen molar-refractivity contribution in [3.05, 3.63) is 28.8 Å². The van der Waals surface area contributed by atoms with E-state index in [1.807, 2.05) is 23.9 Å². The Morgan fingerprint density at radius 3 is 2.94 bits per heavy atom. The van der Waals surface area contributed by atoms with E-state index in [0.717, 1.165) is 24.5 Å². The quantitative estimate of drug-likeness (QED) is 0.786. The number of ketones is 1. The number of anilines is 1. The molecule has 0 saturated carbocycles. The first kappa shape index (κ1) is 13.8. The number of nitrogens with zero attached hydrogens (tertiary/aromatic N) is 1. The second-order valence-corrected chi connectivity index (χ2v) is 6.38. The summed E-state index contributed by atoms with van der Waals surface area (Å²) in [6.07, 6.45) is 1.18. The number of hydrogen-bond acceptors (Lipinski definition) is 3. The molecule has 2 nitrogen and oxygen atoms in total. The van der Waals surface area contributed by atoms with Gasteiger partial charge in [0.25, 0.3) is 0 Å². The molecule has 1 aliphatic rings. The Morgan fingerprint density at radius 2 is 2.33 bits per heavy atom. The van der Waals surface area contributed by atoms with Gasteiger partial charge in [-0.1, -0.05) is 18.5 Å². The molecule has 18 heavy (non-hydrogen) atoms. The van der Waals surface area contributed by atoms with Gasteiger partial charge in [0, 0.05) is 29.7 Å². The van der Waals surface area contributed by atoms with Crippen LogP contribution in [-0.4, -0.2) is 29.9 Å². The summed E-state index contributed by atoms with van der Waals surface area (Å²) in [5, 5.41) is 1.37. The van der Waals surface area contributed by atoms with E-state index in [-0.39, 0.29) is 5.78 Å². The van der Waals surface area contributed by atoms with Gasteiger partial charge in [-0.2, -0.15) is 11.8 Å². The summed E-state index contributed by atoms with van der Waals surface area (Å²) in [4.78, 5) is 13.6. The highest BCUT2D eigenvalue weighted by atomic mass is 35.5. The van der Waals surface area contributed by atoms with Crippen LogP contribution in [0, 0.1) is 0 Å². The van der Waals surface area contributed by atoms with Crippen molar-refractivity contribution in [3.8, 4) is 0 Å². The number of carbonyl (C=O) groups is 1. The van der Waals surface area contributed by atoms with Crippen molar-refractivity contribution in [1.29, 1.82) is 0 Å². The molecular formula is C14H18ClNOS. The second kappa shape index (κ2) is 5.98. The van der Waals surface area contributed by atoms with Crippen LogP contribution in [0.15, 0.2) is 18.2 Å². The van der Waals surface area contributed by atoms with Crippen LogP contribution in [0.2, 0.25) is 5.02 Å². The SMILES string of the molecule is CCC1CN(c2ccc(C(C)=O)cc2Cl)CCS1. The molecule has 1 unspecified atom stereocenters. The van der Waals surface area contributed by atoms with Crippen LogP contribution in [0.25, 0.3) is 0 Å². The van der Waals surface area contributed by atoms with Crippen molar-refractivity contribution in [2.24, 2.45) is 0 Å². The van der Waals surface area contributed by atoms with Gasteiger partial charge in [-0.05, 0) is 31.5 Å². The molecule has 4 heteroatoms. The maximum atomic E-state index is 11.3. The zero-order valence-corrected chi connectivity index (χ0v) is 12.4. The van der Waals surface area contributed by atoms with Gasteiger partial charge in [-0.25, -0.2) is 0 Å². The topological polar surface area (TPSA) is 20.3 Å². The Hall–Kier alpha value is -0.670. The van der Waals surface area contributed by atoms with Gasteiger partial charge < -0.3 is 4.90 Å². The van der Waals surface area contributed by atoms with E-state index >= 15 is 0 Å². The average molecular weight is 284 g/mol. The van der Waals surface area contributed by atoms with Crippen molar-refractivity contribution in [3.63, 3.8) is 0 Å². The maximum absolute atomic E-state index is 11.3. The Kier molecular flexibility index (Phi) is 4.57. The third-order valence-electron chi connectivity index (χ3n) is 3.29. The normalized spacial score (nSPS) is 19.9. The lowest BCUT2D eigenvalue weighted by molar-refractivity contribution is 0.101. The molecule has 1 atom stereocenters. The van der Waals surface area contributed by atoms with Gasteiger partial charge in [-0.15, -0.1) is 0 Å². The Balaban J connectivity index is 2.20. The Bertz CT molecular complexity index is 449. The van der Waals surface area contributed by atoms with Crippen LogP contribution >= 0.6 is 23.4 Å². The molecule has 1 aromatic rings. The summed E-state index contributed by atoms with van der Waals surface area (Å²) in [6, 6.07) is 5.62. The Morgan fingerprint density at radius 1 is 1.56 bits per heavy atom. The Labute approximate surface area is 118 Å². The fourth-order valence-electron chi connectivity index (χ4n) is 2.17. The molecule has 0 radical (unpaired) electrons. The highest BCUT2D eigenvalue weighted by Gasteiger charge is 2.21. The molecule has 0 aliphatic carbocycles. The smallest absolute Gasteiger partial charge is 0.159 e. The van der Waals surface area contributed by atoms with Gasteiger partial charge >= 0.3 is 0 Å². The summed E-state index contributed by atoms with van der Waals surface area (Å²) in [7, 11) is 0. The predicted octanol–water partition coefficient (Wildman–Crippen LogP) is 3.87. The molecule has 0 bridgehead atoms. The first-order chi connectivity index (χ1) is 8.61. The van der Waals surface area contributed by atoms with Crippen LogP contribution in [0.3, 0.4) is 0 Å². The van der Waals surface area contributed by atoms with Gasteiger partial charge in [0.1, 0.15) is 0 Å². The number of benzene rings is 1. The zero-order chi connectivity index (χ0) is 13.1. The van der Waals surface area contributed by atoms with Crippen molar-refractivity contribution < 1.29 is 4.79 Å². The molecule has 1 fully saturated rings. The monoisotopic (exact) mass is 283 g/mol. The summed E-state index contributed by atoms with van der Waals surface area (Å²) >= 11 is 8.33. The van der Waals surface area contributed by atoms with Crippen molar-refractivity contribution in [2.75, 3.05) is 23.7 Å². The van der Waals surface area contributed by atoms with E-state index in [0.29, 0.717) is 15.8 Å². The van der Waals surface area contributed by atoms with Gasteiger partial charge in [0.2, 0.25) is 0 Å². The maximum Gasteiger partial charge on any atom is 0.159 e. The predicted molar refractivity (Wildman–Crippen MR) is 80.2 cm³/mol. The summed E-state index contributed by atoms with van der Waals surface area (Å²) in [5.74, 6) is 1.20. The molecule has 2 rings (SSSR count). The van der Waals surface area contributed by atoms with E-state index in [1.54, 1.807) is 13.0 Å². The minimum absolute atomic E-state index is 0.0593. The molecule has 0 amide bonds. The van der Waals surface area contributed by atoms with E-state index < -0.39 is 0 Å². The molecular weight excluding hydrogens is 266 g/mol. The van der Waals surface area contributed by atoms with Crippen LogP contribution < -0.4 is 4.90 Å². The third kappa shape index (κ3) is 3.01. The number of carbonyl (C=O) groups excluding carboxylic acids is 1. The minimum Gasteiger partial charge on any atom is -0.368 e. The van der Waals surface area contributed by atoms with E-state index in [9.17, 15) is 4.79 Å². The first-order valence-corrected chi connectivity index (χ1v) is 7.71. The van der Waals surface area contributed by atoms with E-state index in [4.69, 9.17) is 11.6 Å². The zero-order valence-electron chi connectivity index (χ0n) is 10.8. The minimum atomic E-state index is 0.0593. The fourth-order valence-corrected chi connectivity index (χ4v) is 3.65. The van der Waals surface area contributed by atoms with Crippen LogP contribution in [-0.2, 0) is 0 Å². The first-order valence-electron chi connectivity index (χ1n) is 6.29. The van der Waals surface area contributed by atoms with Crippen LogP contribution in [0.5, 0.6) is 0 Å². The lowest BCUT2D eigenvalue weighted by Gasteiger charge is -2.34. The third-order valence-corrected chi connectivity index (χ3v) is 4.96. The standard InChI is InChI=1S/C14H18ClNOS/c1-3-12-9-16(6-7-18-12)14-5-4-11(10(2)17)8-13(14)15/h4-5,8,12H,3,6-7,9H2,1-2H3. The average Bonchev–Trinajstić information content (AvgIpc) is 2.38. The van der Waals surface area contributed by atoms with Gasteiger partial charge in [0.05, 0.1) is 10.7 Å². The molecule has 1 aromatic carbocycles. The van der Waals surface area contributed by atoms with Gasteiger partial charge in [-0.3, -0.25) is 4.79 Å². The lowest BCUT2D eigenvalue weighted by Crippen LogP contribution is -2.37. The number of halogens is 1. The number of rotatable bonds is 3. The largest absolute Gasteiger partial charge is 0.368 e. The molecule has 98 valence electrons. The fraction of sp³-hybridized carbons (Fsp3) is 0.500. The lowest BCUT2D eigenvalue weighted by atomic mass is 10.1. The molecule has 0 aromatic heterocycles. The van der Waals surface area contributed by atoms with Crippen LogP contribution in [0.4, 0.5) is 5.69 Å². The summed E-state index contributed by atoms with van der Waals surface area (Å²) in [5.41, 5.74) is 1.74. The summed E-state index contributed by atoms with van der Waals surface area (Å²) in [6.45, 7) is 5.86. The number of Topliss-reactive ketones (excluding diaryl/α,β-unsaturated/α-hetero) is 1. The highest BCUT2D eigenvalue weighted by Crippen LogP contribution is 2.31. The number of thioether (sulfide) groups is 1. The highest BCUT2D eigenvalue weighted by molar-refractivity contribution is 8.00. The molecule has 0 N–H and O–H groups in total. The van der Waals surface area contributed by atoms with Crippen LogP contribution in [0.1, 0.15) is 30.6 Å². The second-order valence-electron chi connectivity index (χ2n) is 4.57. The van der Waals surface area contributed by atoms with Crippen molar-refractivity contribution in [2.45, 2.75) is 25.5 Å². The summed E-state index contributed by atoms with van der Waals surface area (Å²) < 4.78 is 0. The molecule has 1 saturated heterocycles. The van der Waals surface area contributed by atoms with Crippen molar-refractivity contribution in [1.82, 2.24) is 0 Å².